The van der Waals surface area contributed by atoms with Gasteiger partial charge in [-0.05, 0) is 24.6 Å². The number of hydrogen-bond donors (Lipinski definition) is 2. The molecule has 2 aromatic heterocycles. The number of aromatic nitrogens is 2. The summed E-state index contributed by atoms with van der Waals surface area (Å²) in [6, 6.07) is 5.47. The summed E-state index contributed by atoms with van der Waals surface area (Å²) in [4.78, 5) is 16.7. The highest BCUT2D eigenvalue weighted by atomic mass is 35.5. The Kier molecular flexibility index (Phi) is 6.97. The number of ether oxygens (including phenoxy) is 1. The Labute approximate surface area is 174 Å². The van der Waals surface area contributed by atoms with Gasteiger partial charge in [-0.15, -0.1) is 11.6 Å². The van der Waals surface area contributed by atoms with Gasteiger partial charge in [-0.25, -0.2) is 9.78 Å². The smallest absolute Gasteiger partial charge is 0.407 e. The highest BCUT2D eigenvalue weighted by Crippen LogP contribution is 2.37. The third-order valence-electron chi connectivity index (χ3n) is 4.72. The molecule has 0 spiro atoms. The number of nitrogens with zero attached hydrogens (tertiary/aromatic N) is 2. The quantitative estimate of drug-likeness (QED) is 0.498. The van der Waals surface area contributed by atoms with Crippen LogP contribution in [0, 0.1) is 5.41 Å². The van der Waals surface area contributed by atoms with Gasteiger partial charge in [0.15, 0.2) is 6.10 Å². The maximum absolute atomic E-state index is 12.2. The first kappa shape index (κ1) is 20.7. The first-order chi connectivity index (χ1) is 13.5. The van der Waals surface area contributed by atoms with Crippen LogP contribution in [0.4, 0.5) is 4.79 Å². The summed E-state index contributed by atoms with van der Waals surface area (Å²) >= 11 is 12.9. The highest BCUT2D eigenvalue weighted by Gasteiger charge is 2.35. The van der Waals surface area contributed by atoms with Crippen molar-refractivity contribution in [2.75, 3.05) is 6.54 Å². The zero-order chi connectivity index (χ0) is 20.1. The number of alkyl halides is 1. The molecule has 2 unspecified atom stereocenters. The largest absolute Gasteiger partial charge is 0.438 e. The molecule has 3 rings (SSSR count). The summed E-state index contributed by atoms with van der Waals surface area (Å²) < 4.78 is 7.10. The summed E-state index contributed by atoms with van der Waals surface area (Å²) in [5.74, 6) is 0. The molecule has 28 heavy (non-hydrogen) atoms. The molecule has 2 heterocycles. The number of unbranched alkanes of at least 4 members (excludes halogenated alkanes) is 4. The van der Waals surface area contributed by atoms with Crippen molar-refractivity contribution in [2.45, 2.75) is 50.5 Å². The predicted molar refractivity (Wildman–Crippen MR) is 111 cm³/mol. The number of rotatable bonds is 7. The number of alkyl carbamates (subject to hydrolysis) is 1. The van der Waals surface area contributed by atoms with Crippen molar-refractivity contribution in [3.05, 3.63) is 46.2 Å². The van der Waals surface area contributed by atoms with Gasteiger partial charge >= 0.3 is 6.09 Å². The number of carbonyl (C=O) groups excluding carboxylic acids is 1. The van der Waals surface area contributed by atoms with Crippen LogP contribution in [-0.4, -0.2) is 28.1 Å². The molecule has 0 aromatic carbocycles. The minimum absolute atomic E-state index is 0.200. The van der Waals surface area contributed by atoms with Crippen molar-refractivity contribution in [1.29, 1.82) is 5.41 Å². The molecular weight excluding hydrogens is 399 g/mol. The van der Waals surface area contributed by atoms with E-state index in [-0.39, 0.29) is 10.5 Å². The average Bonchev–Trinajstić information content (AvgIpc) is 2.67. The van der Waals surface area contributed by atoms with Crippen molar-refractivity contribution in [2.24, 2.45) is 0 Å². The third-order valence-corrected chi connectivity index (χ3v) is 5.49. The maximum Gasteiger partial charge on any atom is 0.407 e. The van der Waals surface area contributed by atoms with Crippen molar-refractivity contribution in [3.8, 4) is 0 Å². The lowest BCUT2D eigenvalue weighted by Crippen LogP contribution is -2.36. The summed E-state index contributed by atoms with van der Waals surface area (Å²) in [7, 11) is 0. The molecule has 2 aromatic rings. The first-order valence-corrected chi connectivity index (χ1v) is 10.4. The molecule has 1 aliphatic rings. The molecule has 0 saturated carbocycles. The lowest BCUT2D eigenvalue weighted by atomic mass is 9.99. The van der Waals surface area contributed by atoms with E-state index in [1.807, 2.05) is 12.1 Å². The van der Waals surface area contributed by atoms with Crippen LogP contribution in [0.25, 0.3) is 11.7 Å². The van der Waals surface area contributed by atoms with Crippen molar-refractivity contribution >= 4 is 41.0 Å². The minimum atomic E-state index is -0.858. The molecule has 6 nitrogen and oxygen atoms in total. The van der Waals surface area contributed by atoms with Crippen LogP contribution in [-0.2, 0) is 4.74 Å². The Hall–Kier alpha value is -2.05. The molecule has 2 N–H and O–H groups in total. The number of amides is 1. The van der Waals surface area contributed by atoms with Gasteiger partial charge in [0.25, 0.3) is 0 Å². The predicted octanol–water partition coefficient (Wildman–Crippen LogP) is 4.75. The standard InChI is InChI=1S/C20H24Cl2N4O2/c1-2-3-4-5-7-10-24-20(27)28-18-13(21)12-14-16(17(18)22)19(23)26-11-8-6-9-15(26)25-14/h6,8-9,11-12,17-18,23H,2-5,7,10H2,1H3,(H,24,27). The molecule has 1 aliphatic carbocycles. The minimum Gasteiger partial charge on any atom is -0.438 e. The molecular formula is C20H24Cl2N4O2. The third kappa shape index (κ3) is 4.50. The molecule has 2 atom stereocenters. The van der Waals surface area contributed by atoms with Crippen LogP contribution in [0.15, 0.2) is 29.4 Å². The van der Waals surface area contributed by atoms with Gasteiger partial charge in [0.1, 0.15) is 16.5 Å². The van der Waals surface area contributed by atoms with Crippen molar-refractivity contribution < 1.29 is 9.53 Å². The maximum atomic E-state index is 12.2. The molecule has 8 heteroatoms. The van der Waals surface area contributed by atoms with E-state index >= 15 is 0 Å². The topological polar surface area (TPSA) is 79.5 Å². The van der Waals surface area contributed by atoms with Gasteiger partial charge in [-0.1, -0.05) is 50.3 Å². The fraction of sp³-hybridized carbons (Fsp3) is 0.450. The number of nitrogens with one attached hydrogen (secondary N) is 2. The van der Waals surface area contributed by atoms with Gasteiger partial charge in [0, 0.05) is 18.3 Å². The van der Waals surface area contributed by atoms with Gasteiger partial charge in [0.05, 0.1) is 10.7 Å². The number of pyridine rings is 1. The second-order valence-electron chi connectivity index (χ2n) is 6.79. The SMILES string of the molecule is CCCCCCCNC(=O)OC1C(Cl)=Cc2nc3ccccn3c(=N)c2C1Cl. The van der Waals surface area contributed by atoms with Crippen LogP contribution < -0.4 is 10.8 Å². The molecule has 0 radical (unpaired) electrons. The summed E-state index contributed by atoms with van der Waals surface area (Å²) in [5.41, 5.74) is 1.84. The Morgan fingerprint density at radius 2 is 2.11 bits per heavy atom. The van der Waals surface area contributed by atoms with Gasteiger partial charge in [-0.3, -0.25) is 9.81 Å². The second-order valence-corrected chi connectivity index (χ2v) is 7.69. The molecule has 0 fully saturated rings. The fourth-order valence-electron chi connectivity index (χ4n) is 3.23. The Morgan fingerprint density at radius 3 is 2.89 bits per heavy atom. The van der Waals surface area contributed by atoms with Gasteiger partial charge in [0.2, 0.25) is 0 Å². The molecule has 0 saturated heterocycles. The van der Waals surface area contributed by atoms with Crippen LogP contribution >= 0.6 is 23.2 Å². The molecule has 150 valence electrons. The molecule has 0 aliphatic heterocycles. The normalized spacial score (nSPS) is 18.5. The van der Waals surface area contributed by atoms with Crippen LogP contribution in [0.5, 0.6) is 0 Å². The second kappa shape index (κ2) is 9.43. The zero-order valence-corrected chi connectivity index (χ0v) is 17.3. The number of halogens is 2. The zero-order valence-electron chi connectivity index (χ0n) is 15.8. The van der Waals surface area contributed by atoms with E-state index in [0.717, 1.165) is 19.3 Å². The van der Waals surface area contributed by atoms with Crippen LogP contribution in [0.2, 0.25) is 0 Å². The first-order valence-electron chi connectivity index (χ1n) is 9.54. The number of carbonyl (C=O) groups is 1. The lowest BCUT2D eigenvalue weighted by molar-refractivity contribution is 0.114. The van der Waals surface area contributed by atoms with Crippen molar-refractivity contribution in [1.82, 2.24) is 14.7 Å². The Bertz CT molecular complexity index is 941. The molecule has 1 amide bonds. The monoisotopic (exact) mass is 422 g/mol. The number of hydrogen-bond acceptors (Lipinski definition) is 4. The van der Waals surface area contributed by atoms with Gasteiger partial charge in [-0.2, -0.15) is 0 Å². The van der Waals surface area contributed by atoms with E-state index in [9.17, 15) is 4.79 Å². The van der Waals surface area contributed by atoms with Crippen LogP contribution in [0.1, 0.15) is 55.7 Å². The van der Waals surface area contributed by atoms with Gasteiger partial charge < -0.3 is 10.1 Å². The number of fused-ring (bicyclic) bond motifs is 2. The average molecular weight is 423 g/mol. The Balaban J connectivity index is 1.70. The van der Waals surface area contributed by atoms with Crippen LogP contribution in [0.3, 0.4) is 0 Å². The summed E-state index contributed by atoms with van der Waals surface area (Å²) in [5, 5.41) is 10.7. The highest BCUT2D eigenvalue weighted by molar-refractivity contribution is 6.34. The fourth-order valence-corrected chi connectivity index (χ4v) is 3.97. The summed E-state index contributed by atoms with van der Waals surface area (Å²) in [6.07, 6.45) is 7.46. The lowest BCUT2D eigenvalue weighted by Gasteiger charge is -2.27. The van der Waals surface area contributed by atoms with E-state index in [4.69, 9.17) is 33.3 Å². The Morgan fingerprint density at radius 1 is 1.32 bits per heavy atom. The van der Waals surface area contributed by atoms with E-state index in [1.165, 1.54) is 12.8 Å². The molecule has 0 bridgehead atoms. The van der Waals surface area contributed by atoms with E-state index in [0.29, 0.717) is 23.4 Å². The summed E-state index contributed by atoms with van der Waals surface area (Å²) in [6.45, 7) is 2.71. The van der Waals surface area contributed by atoms with E-state index in [2.05, 4.69) is 17.2 Å². The van der Waals surface area contributed by atoms with E-state index in [1.54, 1.807) is 22.7 Å². The van der Waals surface area contributed by atoms with E-state index < -0.39 is 17.6 Å². The van der Waals surface area contributed by atoms with Crippen molar-refractivity contribution in [3.63, 3.8) is 0 Å².